The number of benzene rings is 1. The molecule has 1 amide bonds. The fourth-order valence-corrected chi connectivity index (χ4v) is 4.37. The van der Waals surface area contributed by atoms with E-state index < -0.39 is 0 Å². The minimum absolute atomic E-state index is 0.0383. The van der Waals surface area contributed by atoms with Crippen LogP contribution < -0.4 is 0 Å². The second-order valence-electron chi connectivity index (χ2n) is 8.39. The summed E-state index contributed by atoms with van der Waals surface area (Å²) in [5, 5.41) is 5.32. The van der Waals surface area contributed by atoms with Gasteiger partial charge in [-0.1, -0.05) is 23.7 Å². The minimum atomic E-state index is -0.0383. The third-order valence-corrected chi connectivity index (χ3v) is 6.36. The lowest BCUT2D eigenvalue weighted by Gasteiger charge is -2.20. The zero-order valence-corrected chi connectivity index (χ0v) is 19.3. The normalized spacial score (nSPS) is 13.4. The highest BCUT2D eigenvalue weighted by molar-refractivity contribution is 6.31. The first-order valence-electron chi connectivity index (χ1n) is 10.4. The molecule has 4 heterocycles. The predicted molar refractivity (Wildman–Crippen MR) is 122 cm³/mol. The van der Waals surface area contributed by atoms with Crippen molar-refractivity contribution < 1.29 is 4.79 Å². The van der Waals surface area contributed by atoms with Gasteiger partial charge in [-0.15, -0.1) is 0 Å². The molecule has 5 rings (SSSR count). The smallest absolute Gasteiger partial charge is 0.256 e. The monoisotopic (exact) mass is 449 g/mol. The van der Waals surface area contributed by atoms with E-state index in [-0.39, 0.29) is 5.91 Å². The molecule has 0 spiro atoms. The van der Waals surface area contributed by atoms with E-state index >= 15 is 0 Å². The number of carbonyl (C=O) groups excluding carboxylic acids is 1. The highest BCUT2D eigenvalue weighted by Gasteiger charge is 2.31. The Balaban J connectivity index is 1.49. The Kier molecular flexibility index (Phi) is 4.98. The summed E-state index contributed by atoms with van der Waals surface area (Å²) in [6.45, 7) is 5.40. The Morgan fingerprint density at radius 3 is 2.75 bits per heavy atom. The number of rotatable bonds is 4. The third kappa shape index (κ3) is 3.27. The maximum absolute atomic E-state index is 13.6. The van der Waals surface area contributed by atoms with Crippen LogP contribution in [0.4, 0.5) is 0 Å². The molecule has 0 bridgehead atoms. The van der Waals surface area contributed by atoms with Crippen molar-refractivity contribution in [1.29, 1.82) is 0 Å². The number of imidazole rings is 1. The number of hydrogen-bond acceptors (Lipinski definition) is 5. The molecule has 0 N–H and O–H groups in total. The van der Waals surface area contributed by atoms with Crippen molar-refractivity contribution in [3.8, 4) is 5.69 Å². The first-order valence-corrected chi connectivity index (χ1v) is 10.8. The van der Waals surface area contributed by atoms with Crippen molar-refractivity contribution in [1.82, 2.24) is 33.9 Å². The third-order valence-electron chi connectivity index (χ3n) is 5.81. The Morgan fingerprint density at radius 1 is 1.19 bits per heavy atom. The van der Waals surface area contributed by atoms with Crippen LogP contribution in [0.5, 0.6) is 0 Å². The minimum Gasteiger partial charge on any atom is -0.328 e. The number of amides is 1. The molecule has 1 aromatic carbocycles. The summed E-state index contributed by atoms with van der Waals surface area (Å²) >= 11 is 6.35. The van der Waals surface area contributed by atoms with Gasteiger partial charge < -0.3 is 14.4 Å². The van der Waals surface area contributed by atoms with Gasteiger partial charge in [-0.3, -0.25) is 4.79 Å². The van der Waals surface area contributed by atoms with Crippen LogP contribution in [-0.2, 0) is 19.6 Å². The molecule has 0 unspecified atom stereocenters. The summed E-state index contributed by atoms with van der Waals surface area (Å²) in [6.07, 6.45) is 3.66. The molecule has 164 valence electrons. The molecule has 32 heavy (non-hydrogen) atoms. The molecule has 0 aliphatic carbocycles. The van der Waals surface area contributed by atoms with Crippen LogP contribution >= 0.6 is 11.6 Å². The van der Waals surface area contributed by atoms with Crippen molar-refractivity contribution in [2.45, 2.75) is 33.5 Å². The SMILES string of the molecule is Cc1nc2c3c(nn2c(C)c1Cl)CN(C(=O)c1ccccc1-n1ccnc1CN(C)C)C3. The standard InChI is InChI=1S/C23H24ClN7O/c1-14-21(24)15(2)31-22(26-14)17-11-29(12-18(17)27-31)23(32)16-7-5-6-8-19(16)30-10-9-25-20(30)13-28(3)4/h5-10H,11-13H2,1-4H3. The zero-order valence-electron chi connectivity index (χ0n) is 18.5. The first kappa shape index (κ1) is 20.7. The zero-order chi connectivity index (χ0) is 22.6. The van der Waals surface area contributed by atoms with Gasteiger partial charge in [0.25, 0.3) is 5.91 Å². The van der Waals surface area contributed by atoms with E-state index in [4.69, 9.17) is 16.7 Å². The number of aromatic nitrogens is 5. The summed E-state index contributed by atoms with van der Waals surface area (Å²) < 4.78 is 3.77. The van der Waals surface area contributed by atoms with Crippen LogP contribution in [0.3, 0.4) is 0 Å². The van der Waals surface area contributed by atoms with Crippen molar-refractivity contribution in [2.24, 2.45) is 0 Å². The molecule has 4 aromatic rings. The number of halogens is 1. The number of hydrogen-bond donors (Lipinski definition) is 0. The molecule has 1 aliphatic heterocycles. The highest BCUT2D eigenvalue weighted by atomic mass is 35.5. The average Bonchev–Trinajstić information content (AvgIpc) is 3.47. The molecule has 8 nitrogen and oxygen atoms in total. The number of para-hydroxylation sites is 1. The van der Waals surface area contributed by atoms with Crippen LogP contribution in [-0.4, -0.2) is 54.0 Å². The van der Waals surface area contributed by atoms with Gasteiger partial charge in [0.05, 0.1) is 53.0 Å². The predicted octanol–water partition coefficient (Wildman–Crippen LogP) is 3.40. The lowest BCUT2D eigenvalue weighted by molar-refractivity contribution is 0.0749. The summed E-state index contributed by atoms with van der Waals surface area (Å²) in [5.74, 6) is 0.841. The topological polar surface area (TPSA) is 71.6 Å². The second-order valence-corrected chi connectivity index (χ2v) is 8.76. The molecular weight excluding hydrogens is 426 g/mol. The summed E-state index contributed by atoms with van der Waals surface area (Å²) in [4.78, 5) is 26.6. The molecule has 0 atom stereocenters. The van der Waals surface area contributed by atoms with Crippen LogP contribution in [0, 0.1) is 13.8 Å². The molecule has 0 saturated carbocycles. The molecule has 0 radical (unpaired) electrons. The van der Waals surface area contributed by atoms with Gasteiger partial charge >= 0.3 is 0 Å². The number of carbonyl (C=O) groups is 1. The van der Waals surface area contributed by atoms with Gasteiger partial charge in [0.2, 0.25) is 0 Å². The highest BCUT2D eigenvalue weighted by Crippen LogP contribution is 2.30. The van der Waals surface area contributed by atoms with E-state index in [9.17, 15) is 4.79 Å². The van der Waals surface area contributed by atoms with Gasteiger partial charge in [-0.25, -0.2) is 14.5 Å². The summed E-state index contributed by atoms with van der Waals surface area (Å²) in [5.41, 5.74) is 5.70. The molecule has 0 fully saturated rings. The van der Waals surface area contributed by atoms with Crippen molar-refractivity contribution in [2.75, 3.05) is 14.1 Å². The second kappa shape index (κ2) is 7.72. The fraction of sp³-hybridized carbons (Fsp3) is 0.304. The Morgan fingerprint density at radius 2 is 1.97 bits per heavy atom. The molecule has 9 heteroatoms. The molecular formula is C23H24ClN7O. The van der Waals surface area contributed by atoms with Gasteiger partial charge in [0.15, 0.2) is 5.65 Å². The Bertz CT molecular complexity index is 1350. The van der Waals surface area contributed by atoms with Crippen LogP contribution in [0.2, 0.25) is 5.02 Å². The lowest BCUT2D eigenvalue weighted by atomic mass is 10.1. The lowest BCUT2D eigenvalue weighted by Crippen LogP contribution is -2.27. The van der Waals surface area contributed by atoms with Gasteiger partial charge in [0.1, 0.15) is 5.82 Å². The van der Waals surface area contributed by atoms with Gasteiger partial charge in [0, 0.05) is 18.0 Å². The Labute approximate surface area is 191 Å². The van der Waals surface area contributed by atoms with Crippen LogP contribution in [0.15, 0.2) is 36.7 Å². The fourth-order valence-electron chi connectivity index (χ4n) is 4.25. The van der Waals surface area contributed by atoms with Crippen molar-refractivity contribution in [3.63, 3.8) is 0 Å². The Hall–Kier alpha value is -3.23. The summed E-state index contributed by atoms with van der Waals surface area (Å²) in [7, 11) is 4.00. The van der Waals surface area contributed by atoms with Crippen LogP contribution in [0.25, 0.3) is 11.3 Å². The van der Waals surface area contributed by atoms with E-state index in [2.05, 4.69) is 14.9 Å². The quantitative estimate of drug-likeness (QED) is 0.477. The van der Waals surface area contributed by atoms with Crippen LogP contribution in [0.1, 0.15) is 38.8 Å². The van der Waals surface area contributed by atoms with Crippen molar-refractivity contribution in [3.05, 3.63) is 75.7 Å². The summed E-state index contributed by atoms with van der Waals surface area (Å²) in [6, 6.07) is 7.65. The number of fused-ring (bicyclic) bond motifs is 3. The van der Waals surface area contributed by atoms with E-state index in [0.29, 0.717) is 30.2 Å². The number of aryl methyl sites for hydroxylation is 2. The average molecular weight is 450 g/mol. The van der Waals surface area contributed by atoms with Gasteiger partial charge in [-0.05, 0) is 40.1 Å². The molecule has 3 aromatic heterocycles. The largest absolute Gasteiger partial charge is 0.328 e. The maximum atomic E-state index is 13.6. The van der Waals surface area contributed by atoms with E-state index in [1.165, 1.54) is 0 Å². The van der Waals surface area contributed by atoms with E-state index in [0.717, 1.165) is 39.8 Å². The first-order chi connectivity index (χ1) is 15.3. The van der Waals surface area contributed by atoms with E-state index in [1.807, 2.05) is 67.9 Å². The van der Waals surface area contributed by atoms with Crippen molar-refractivity contribution >= 4 is 23.2 Å². The van der Waals surface area contributed by atoms with Gasteiger partial charge in [-0.2, -0.15) is 5.10 Å². The number of nitrogens with zero attached hydrogens (tertiary/aromatic N) is 7. The molecule has 0 saturated heterocycles. The maximum Gasteiger partial charge on any atom is 0.256 e. The molecule has 1 aliphatic rings. The van der Waals surface area contributed by atoms with E-state index in [1.54, 1.807) is 10.7 Å².